The zero-order chi connectivity index (χ0) is 6.83. The summed E-state index contributed by atoms with van der Waals surface area (Å²) in [7, 11) is 1.78. The highest BCUT2D eigenvalue weighted by atomic mass is 14.6. The molecule has 0 aromatic heterocycles. The van der Waals surface area contributed by atoms with Gasteiger partial charge in [0.25, 0.3) is 0 Å². The lowest BCUT2D eigenvalue weighted by Crippen LogP contribution is -1.60. The summed E-state index contributed by atoms with van der Waals surface area (Å²) in [6.07, 6.45) is 4.18. The molecule has 0 rings (SSSR count). The Labute approximate surface area is 52.8 Å². The Bertz CT molecular complexity index is 39.7. The van der Waals surface area contributed by atoms with Crippen molar-refractivity contribution in [2.24, 2.45) is 4.99 Å². The maximum atomic E-state index is 3.73. The minimum atomic E-state index is 1.05. The third-order valence-corrected chi connectivity index (χ3v) is 0.365. The molecule has 50 valence electrons. The van der Waals surface area contributed by atoms with E-state index < -0.39 is 0 Å². The van der Waals surface area contributed by atoms with Gasteiger partial charge in [0.2, 0.25) is 0 Å². The van der Waals surface area contributed by atoms with Crippen molar-refractivity contribution in [1.82, 2.24) is 0 Å². The van der Waals surface area contributed by atoms with E-state index in [4.69, 9.17) is 0 Å². The lowest BCUT2D eigenvalue weighted by molar-refractivity contribution is 1.09. The van der Waals surface area contributed by atoms with Crippen LogP contribution >= 0.6 is 0 Å². The Balaban J connectivity index is 0. The van der Waals surface area contributed by atoms with Crippen molar-refractivity contribution in [2.75, 3.05) is 7.05 Å². The van der Waals surface area contributed by atoms with Crippen molar-refractivity contribution in [3.63, 3.8) is 0 Å². The van der Waals surface area contributed by atoms with E-state index in [2.05, 4.69) is 25.8 Å². The number of aliphatic imine (C=N–C) groups is 1. The fourth-order valence-electron chi connectivity index (χ4n) is 0.183. The highest BCUT2D eigenvalue weighted by Crippen LogP contribution is 1.60. The summed E-state index contributed by atoms with van der Waals surface area (Å²) in [6.45, 7) is 6.31. The first-order valence-corrected chi connectivity index (χ1v) is 3.23. The van der Waals surface area contributed by atoms with E-state index in [0.29, 0.717) is 0 Å². The van der Waals surface area contributed by atoms with Gasteiger partial charge in [0, 0.05) is 7.05 Å². The number of hydrogen-bond acceptors (Lipinski definition) is 1. The molecule has 0 radical (unpaired) electrons. The first-order chi connectivity index (χ1) is 3.83. The predicted octanol–water partition coefficient (Wildman–Crippen LogP) is 2.51. The first kappa shape index (κ1) is 10.6. The second-order valence-corrected chi connectivity index (χ2v) is 1.56. The summed E-state index contributed by atoms with van der Waals surface area (Å²) >= 11 is 0. The molecule has 0 bridgehead atoms. The van der Waals surface area contributed by atoms with Crippen LogP contribution in [-0.4, -0.2) is 13.3 Å². The zero-order valence-electron chi connectivity index (χ0n) is 6.44. The van der Waals surface area contributed by atoms with Gasteiger partial charge in [-0.3, -0.25) is 0 Å². The predicted molar refractivity (Wildman–Crippen MR) is 40.7 cm³/mol. The lowest BCUT2D eigenvalue weighted by Gasteiger charge is -1.65. The molecule has 0 N–H and O–H groups in total. The molecular weight excluding hydrogens is 98.1 g/mol. The minimum absolute atomic E-state index is 1.05. The summed E-state index contributed by atoms with van der Waals surface area (Å²) < 4.78 is 0. The molecule has 0 aliphatic rings. The van der Waals surface area contributed by atoms with Gasteiger partial charge < -0.3 is 4.99 Å². The van der Waals surface area contributed by atoms with Gasteiger partial charge in [0.15, 0.2) is 0 Å². The van der Waals surface area contributed by atoms with Gasteiger partial charge in [-0.25, -0.2) is 0 Å². The van der Waals surface area contributed by atoms with E-state index in [1.165, 1.54) is 6.42 Å². The monoisotopic (exact) mass is 115 g/mol. The molecule has 0 heterocycles. The molecule has 8 heavy (non-hydrogen) atoms. The summed E-state index contributed by atoms with van der Waals surface area (Å²) in [6, 6.07) is 0. The van der Waals surface area contributed by atoms with Crippen LogP contribution in [-0.2, 0) is 0 Å². The van der Waals surface area contributed by atoms with E-state index >= 15 is 0 Å². The quantitative estimate of drug-likeness (QED) is 0.466. The molecule has 0 spiro atoms. The molecule has 0 aromatic rings. The fraction of sp³-hybridized carbons (Fsp3) is 0.857. The van der Waals surface area contributed by atoms with Crippen LogP contribution in [0.2, 0.25) is 0 Å². The van der Waals surface area contributed by atoms with E-state index in [9.17, 15) is 0 Å². The maximum Gasteiger partial charge on any atom is 0.0273 e. The molecule has 0 aromatic carbocycles. The van der Waals surface area contributed by atoms with Crippen LogP contribution in [0.25, 0.3) is 0 Å². The Morgan fingerprint density at radius 3 is 1.62 bits per heavy atom. The fourth-order valence-corrected chi connectivity index (χ4v) is 0.183. The van der Waals surface area contributed by atoms with E-state index in [1.54, 1.807) is 7.05 Å². The van der Waals surface area contributed by atoms with Crippen molar-refractivity contribution >= 4 is 6.21 Å². The minimum Gasteiger partial charge on any atom is -0.301 e. The van der Waals surface area contributed by atoms with Crippen molar-refractivity contribution in [2.45, 2.75) is 33.6 Å². The second kappa shape index (κ2) is 15.9. The van der Waals surface area contributed by atoms with Gasteiger partial charge in [0.05, 0.1) is 0 Å². The van der Waals surface area contributed by atoms with Crippen LogP contribution in [0.5, 0.6) is 0 Å². The van der Waals surface area contributed by atoms with Gasteiger partial charge in [-0.1, -0.05) is 27.2 Å². The zero-order valence-corrected chi connectivity index (χ0v) is 6.44. The van der Waals surface area contributed by atoms with Crippen molar-refractivity contribution in [1.29, 1.82) is 0 Å². The lowest BCUT2D eigenvalue weighted by atomic mass is 10.5. The third-order valence-electron chi connectivity index (χ3n) is 0.365. The summed E-state index contributed by atoms with van der Waals surface area (Å²) in [5, 5.41) is 0. The normalized spacial score (nSPS) is 8.50. The smallest absolute Gasteiger partial charge is 0.0273 e. The van der Waals surface area contributed by atoms with Crippen LogP contribution in [0.4, 0.5) is 0 Å². The maximum absolute atomic E-state index is 3.73. The van der Waals surface area contributed by atoms with Gasteiger partial charge >= 0.3 is 0 Å². The van der Waals surface area contributed by atoms with Crippen molar-refractivity contribution in [3.05, 3.63) is 0 Å². The van der Waals surface area contributed by atoms with E-state index in [1.807, 2.05) is 6.21 Å². The third kappa shape index (κ3) is 44.3. The largest absolute Gasteiger partial charge is 0.301 e. The molecule has 0 saturated heterocycles. The number of nitrogens with zero attached hydrogens (tertiary/aromatic N) is 1. The van der Waals surface area contributed by atoms with E-state index in [0.717, 1.165) is 6.42 Å². The molecule has 1 heteroatoms. The Morgan fingerprint density at radius 1 is 1.25 bits per heavy atom. The molecule has 0 aliphatic carbocycles. The standard InChI is InChI=1S/C4H9N.C3H8/c1-3-4-5-2;1-3-2/h4H,3H2,1-2H3;3H2,1-2H3. The average Bonchev–Trinajstić information content (AvgIpc) is 1.71. The van der Waals surface area contributed by atoms with Crippen LogP contribution in [0.15, 0.2) is 4.99 Å². The Hall–Kier alpha value is -0.330. The highest BCUT2D eigenvalue weighted by Gasteiger charge is 1.53. The molecule has 0 amide bonds. The topological polar surface area (TPSA) is 12.4 Å². The van der Waals surface area contributed by atoms with Gasteiger partial charge in [-0.05, 0) is 12.6 Å². The van der Waals surface area contributed by atoms with Crippen LogP contribution in [0.3, 0.4) is 0 Å². The Kier molecular flexibility index (Phi) is 21.1. The van der Waals surface area contributed by atoms with Crippen molar-refractivity contribution < 1.29 is 0 Å². The molecule has 1 nitrogen and oxygen atoms in total. The molecule has 0 fully saturated rings. The average molecular weight is 115 g/mol. The Morgan fingerprint density at radius 2 is 1.62 bits per heavy atom. The van der Waals surface area contributed by atoms with Crippen LogP contribution in [0, 0.1) is 0 Å². The van der Waals surface area contributed by atoms with Crippen LogP contribution in [0.1, 0.15) is 33.6 Å². The molecular formula is C7H17N. The first-order valence-electron chi connectivity index (χ1n) is 3.23. The van der Waals surface area contributed by atoms with Crippen molar-refractivity contribution in [3.8, 4) is 0 Å². The van der Waals surface area contributed by atoms with Crippen LogP contribution < -0.4 is 0 Å². The summed E-state index contributed by atoms with van der Waals surface area (Å²) in [4.78, 5) is 3.73. The molecule has 0 atom stereocenters. The number of hydrogen-bond donors (Lipinski definition) is 0. The van der Waals surface area contributed by atoms with Gasteiger partial charge in [-0.15, -0.1) is 0 Å². The highest BCUT2D eigenvalue weighted by molar-refractivity contribution is 5.56. The molecule has 0 saturated carbocycles. The number of rotatable bonds is 1. The van der Waals surface area contributed by atoms with E-state index in [-0.39, 0.29) is 0 Å². The summed E-state index contributed by atoms with van der Waals surface area (Å²) in [5.41, 5.74) is 0. The summed E-state index contributed by atoms with van der Waals surface area (Å²) in [5.74, 6) is 0. The molecule has 0 aliphatic heterocycles. The van der Waals surface area contributed by atoms with Gasteiger partial charge in [-0.2, -0.15) is 0 Å². The molecule has 0 unspecified atom stereocenters. The SMILES string of the molecule is CCC.CCC=NC. The van der Waals surface area contributed by atoms with Gasteiger partial charge in [0.1, 0.15) is 0 Å². The second-order valence-electron chi connectivity index (χ2n) is 1.56.